The molecule has 0 aromatic carbocycles. The Bertz CT molecular complexity index is 90.9. The first kappa shape index (κ1) is 8.47. The maximum Gasteiger partial charge on any atom is 0.222 e. The zero-order valence-electron chi connectivity index (χ0n) is 6.18. The highest BCUT2D eigenvalue weighted by atomic mass is 16.2. The minimum Gasteiger partial charge on any atom is -0.346 e. The lowest BCUT2D eigenvalue weighted by atomic mass is 10.4. The Balaban J connectivity index is 3.45. The van der Waals surface area contributed by atoms with Crippen molar-refractivity contribution in [3.05, 3.63) is 6.92 Å². The third kappa shape index (κ3) is 3.12. The van der Waals surface area contributed by atoms with E-state index >= 15 is 0 Å². The van der Waals surface area contributed by atoms with E-state index in [4.69, 9.17) is 0 Å². The molecule has 0 bridgehead atoms. The topological polar surface area (TPSA) is 20.3 Å². The molecule has 2 heteroatoms. The van der Waals surface area contributed by atoms with Crippen LogP contribution in [0.15, 0.2) is 0 Å². The van der Waals surface area contributed by atoms with Gasteiger partial charge in [0, 0.05) is 20.0 Å². The number of nitrogens with zero attached hydrogens (tertiary/aromatic N) is 1. The van der Waals surface area contributed by atoms with Crippen LogP contribution in [0.2, 0.25) is 0 Å². The van der Waals surface area contributed by atoms with E-state index in [9.17, 15) is 4.79 Å². The van der Waals surface area contributed by atoms with E-state index in [0.717, 1.165) is 13.0 Å². The molecule has 2 nitrogen and oxygen atoms in total. The van der Waals surface area contributed by atoms with Crippen LogP contribution in [0.4, 0.5) is 0 Å². The summed E-state index contributed by atoms with van der Waals surface area (Å²) in [5.74, 6) is 0.193. The molecular weight excluding hydrogens is 114 g/mol. The second kappa shape index (κ2) is 4.36. The minimum absolute atomic E-state index is 0.193. The van der Waals surface area contributed by atoms with Gasteiger partial charge in [-0.1, -0.05) is 13.8 Å². The Labute approximate surface area is 56.9 Å². The van der Waals surface area contributed by atoms with Gasteiger partial charge in [0.25, 0.3) is 0 Å². The van der Waals surface area contributed by atoms with Crippen molar-refractivity contribution >= 4 is 5.91 Å². The number of carbonyl (C=O) groups is 1. The van der Waals surface area contributed by atoms with Crippen LogP contribution in [0.3, 0.4) is 0 Å². The summed E-state index contributed by atoms with van der Waals surface area (Å²) in [5.41, 5.74) is 0. The van der Waals surface area contributed by atoms with Gasteiger partial charge in [0.05, 0.1) is 0 Å². The number of hydrogen-bond donors (Lipinski definition) is 0. The first-order valence-corrected chi connectivity index (χ1v) is 3.25. The van der Waals surface area contributed by atoms with E-state index in [1.807, 2.05) is 6.92 Å². The molecule has 9 heavy (non-hydrogen) atoms. The molecule has 0 spiro atoms. The van der Waals surface area contributed by atoms with Gasteiger partial charge in [-0.3, -0.25) is 4.79 Å². The second-order valence-corrected chi connectivity index (χ2v) is 2.02. The molecule has 53 valence electrons. The van der Waals surface area contributed by atoms with Crippen molar-refractivity contribution in [2.45, 2.75) is 19.8 Å². The maximum atomic E-state index is 10.8. The molecule has 1 radical (unpaired) electrons. The van der Waals surface area contributed by atoms with E-state index in [2.05, 4.69) is 6.92 Å². The van der Waals surface area contributed by atoms with E-state index in [0.29, 0.717) is 6.42 Å². The lowest BCUT2D eigenvalue weighted by molar-refractivity contribution is -0.129. The number of rotatable bonds is 3. The molecule has 0 aliphatic rings. The average molecular weight is 128 g/mol. The summed E-state index contributed by atoms with van der Waals surface area (Å²) >= 11 is 0. The largest absolute Gasteiger partial charge is 0.346 e. The van der Waals surface area contributed by atoms with Crippen LogP contribution in [-0.2, 0) is 4.79 Å². The van der Waals surface area contributed by atoms with Gasteiger partial charge >= 0.3 is 0 Å². The van der Waals surface area contributed by atoms with Crippen LogP contribution in [0.1, 0.15) is 19.8 Å². The zero-order valence-corrected chi connectivity index (χ0v) is 6.18. The Morgan fingerprint density at radius 2 is 2.22 bits per heavy atom. The van der Waals surface area contributed by atoms with Crippen LogP contribution < -0.4 is 0 Å². The number of hydrogen-bond acceptors (Lipinski definition) is 1. The lowest BCUT2D eigenvalue weighted by Gasteiger charge is -2.13. The molecule has 0 aliphatic heterocycles. The molecule has 0 rings (SSSR count). The fourth-order valence-corrected chi connectivity index (χ4v) is 0.632. The van der Waals surface area contributed by atoms with Crippen molar-refractivity contribution in [2.24, 2.45) is 0 Å². The Kier molecular flexibility index (Phi) is 4.10. The summed E-state index contributed by atoms with van der Waals surface area (Å²) in [6, 6.07) is 0. The number of amides is 1. The fourth-order valence-electron chi connectivity index (χ4n) is 0.632. The van der Waals surface area contributed by atoms with Crippen molar-refractivity contribution in [1.82, 2.24) is 4.90 Å². The molecule has 0 fully saturated rings. The summed E-state index contributed by atoms with van der Waals surface area (Å²) in [7, 11) is 1.80. The molecule has 0 heterocycles. The van der Waals surface area contributed by atoms with Crippen molar-refractivity contribution < 1.29 is 4.79 Å². The quantitative estimate of drug-likeness (QED) is 0.557. The summed E-state index contributed by atoms with van der Waals surface area (Å²) < 4.78 is 0. The number of carbonyl (C=O) groups excluding carboxylic acids is 1. The minimum atomic E-state index is 0.193. The van der Waals surface area contributed by atoms with Crippen LogP contribution in [0, 0.1) is 6.92 Å². The summed E-state index contributed by atoms with van der Waals surface area (Å²) in [5, 5.41) is 0. The smallest absolute Gasteiger partial charge is 0.222 e. The van der Waals surface area contributed by atoms with Crippen molar-refractivity contribution in [2.75, 3.05) is 13.6 Å². The normalized spacial score (nSPS) is 9.22. The lowest BCUT2D eigenvalue weighted by Crippen LogP contribution is -2.26. The first-order chi connectivity index (χ1) is 4.22. The first-order valence-electron chi connectivity index (χ1n) is 3.25. The van der Waals surface area contributed by atoms with Gasteiger partial charge in [-0.25, -0.2) is 0 Å². The summed E-state index contributed by atoms with van der Waals surface area (Å²) in [6.45, 7) is 6.28. The average Bonchev–Trinajstić information content (AvgIpc) is 1.87. The molecule has 0 aliphatic carbocycles. The molecule has 1 amide bonds. The SMILES string of the molecule is [CH2]CCN(C)C(=O)CC. The third-order valence-corrected chi connectivity index (χ3v) is 1.22. The molecule has 0 aromatic rings. The summed E-state index contributed by atoms with van der Waals surface area (Å²) in [4.78, 5) is 12.5. The van der Waals surface area contributed by atoms with E-state index in [-0.39, 0.29) is 5.91 Å². The zero-order chi connectivity index (χ0) is 7.28. The monoisotopic (exact) mass is 128 g/mol. The molecule has 0 aromatic heterocycles. The standard InChI is InChI=1S/C7H14NO/c1-4-6-8(3)7(9)5-2/h1,4-6H2,2-3H3. The van der Waals surface area contributed by atoms with Gasteiger partial charge in [-0.15, -0.1) is 0 Å². The Hall–Kier alpha value is -0.530. The molecular formula is C7H14NO. The highest BCUT2D eigenvalue weighted by molar-refractivity contribution is 5.75. The molecule has 0 N–H and O–H groups in total. The molecule has 0 atom stereocenters. The van der Waals surface area contributed by atoms with Crippen LogP contribution in [-0.4, -0.2) is 24.4 Å². The van der Waals surface area contributed by atoms with E-state index < -0.39 is 0 Å². The van der Waals surface area contributed by atoms with E-state index in [1.165, 1.54) is 0 Å². The van der Waals surface area contributed by atoms with Crippen LogP contribution in [0.5, 0.6) is 0 Å². The van der Waals surface area contributed by atoms with Gasteiger partial charge in [-0.05, 0) is 6.42 Å². The fraction of sp³-hybridized carbons (Fsp3) is 0.714. The maximum absolute atomic E-state index is 10.8. The molecule has 0 saturated carbocycles. The molecule has 0 saturated heterocycles. The Morgan fingerprint density at radius 1 is 1.67 bits per heavy atom. The van der Waals surface area contributed by atoms with Crippen LogP contribution >= 0.6 is 0 Å². The highest BCUT2D eigenvalue weighted by Gasteiger charge is 2.01. The van der Waals surface area contributed by atoms with Crippen molar-refractivity contribution in [1.29, 1.82) is 0 Å². The van der Waals surface area contributed by atoms with Gasteiger partial charge < -0.3 is 4.90 Å². The Morgan fingerprint density at radius 3 is 2.56 bits per heavy atom. The van der Waals surface area contributed by atoms with Crippen LogP contribution in [0.25, 0.3) is 0 Å². The van der Waals surface area contributed by atoms with Crippen molar-refractivity contribution in [3.63, 3.8) is 0 Å². The van der Waals surface area contributed by atoms with Gasteiger partial charge in [0.2, 0.25) is 5.91 Å². The van der Waals surface area contributed by atoms with E-state index in [1.54, 1.807) is 11.9 Å². The predicted molar refractivity (Wildman–Crippen MR) is 37.9 cm³/mol. The highest BCUT2D eigenvalue weighted by Crippen LogP contribution is 1.89. The molecule has 0 unspecified atom stereocenters. The van der Waals surface area contributed by atoms with Gasteiger partial charge in [0.1, 0.15) is 0 Å². The van der Waals surface area contributed by atoms with Crippen molar-refractivity contribution in [3.8, 4) is 0 Å². The second-order valence-electron chi connectivity index (χ2n) is 2.02. The summed E-state index contributed by atoms with van der Waals surface area (Å²) in [6.07, 6.45) is 1.39. The van der Waals surface area contributed by atoms with Gasteiger partial charge in [-0.2, -0.15) is 0 Å². The van der Waals surface area contributed by atoms with Gasteiger partial charge in [0.15, 0.2) is 0 Å². The third-order valence-electron chi connectivity index (χ3n) is 1.22. The predicted octanol–water partition coefficient (Wildman–Crippen LogP) is 1.08.